The smallest absolute Gasteiger partial charge is 0.0696 e. The van der Waals surface area contributed by atoms with Gasteiger partial charge in [-0.25, -0.2) is 0 Å². The maximum Gasteiger partial charge on any atom is 0.0696 e. The minimum absolute atomic E-state index is 0.0990. The quantitative estimate of drug-likeness (QED) is 0.653. The zero-order valence-corrected chi connectivity index (χ0v) is 11.0. The maximum absolute atomic E-state index is 9.15. The van der Waals surface area contributed by atoms with E-state index in [1.807, 2.05) is 5.38 Å². The fourth-order valence-corrected chi connectivity index (χ4v) is 3.58. The van der Waals surface area contributed by atoms with Gasteiger partial charge in [-0.1, -0.05) is 0 Å². The Morgan fingerprint density at radius 2 is 2.21 bits per heavy atom. The van der Waals surface area contributed by atoms with Crippen LogP contribution in [0.2, 0.25) is 0 Å². The van der Waals surface area contributed by atoms with Gasteiger partial charge in [-0.2, -0.15) is 0 Å². The average Bonchev–Trinajstić information content (AvgIpc) is 2.61. The molecule has 0 amide bonds. The van der Waals surface area contributed by atoms with E-state index in [-0.39, 0.29) is 6.61 Å². The van der Waals surface area contributed by atoms with Gasteiger partial charge >= 0.3 is 0 Å². The van der Waals surface area contributed by atoms with Crippen molar-refractivity contribution >= 4 is 55.6 Å². The summed E-state index contributed by atoms with van der Waals surface area (Å²) in [5.41, 5.74) is 2.10. The summed E-state index contributed by atoms with van der Waals surface area (Å²) in [5, 5.41) is 12.3. The van der Waals surface area contributed by atoms with Gasteiger partial charge in [0.15, 0.2) is 0 Å². The second-order valence-electron chi connectivity index (χ2n) is 3.01. The molecule has 1 nitrogen and oxygen atoms in total. The van der Waals surface area contributed by atoms with Crippen LogP contribution in [0.5, 0.6) is 0 Å². The first-order valence-electron chi connectivity index (χ1n) is 4.11. The second-order valence-corrected chi connectivity index (χ2v) is 5.32. The van der Waals surface area contributed by atoms with E-state index in [9.17, 15) is 0 Å². The Labute approximate surface area is 105 Å². The molecule has 1 aromatic carbocycles. The van der Waals surface area contributed by atoms with Crippen molar-refractivity contribution in [1.82, 2.24) is 0 Å². The van der Waals surface area contributed by atoms with E-state index in [2.05, 4.69) is 34.7 Å². The minimum Gasteiger partial charge on any atom is -0.392 e. The van der Waals surface area contributed by atoms with Crippen LogP contribution < -0.4 is 0 Å². The second kappa shape index (κ2) is 4.35. The van der Waals surface area contributed by atoms with Crippen LogP contribution in [-0.4, -0.2) is 5.11 Å². The average molecular weight is 339 g/mol. The molecule has 0 unspecified atom stereocenters. The number of hydrogen-bond acceptors (Lipinski definition) is 2. The Kier molecular flexibility index (Phi) is 3.31. The lowest BCUT2D eigenvalue weighted by Crippen LogP contribution is -1.84. The van der Waals surface area contributed by atoms with Crippen molar-refractivity contribution in [3.8, 4) is 0 Å². The monoisotopic (exact) mass is 338 g/mol. The van der Waals surface area contributed by atoms with Crippen LogP contribution in [0.25, 0.3) is 10.1 Å². The van der Waals surface area contributed by atoms with Crippen molar-refractivity contribution in [2.75, 3.05) is 0 Å². The van der Waals surface area contributed by atoms with Crippen LogP contribution in [0.3, 0.4) is 0 Å². The zero-order valence-electron chi connectivity index (χ0n) is 7.26. The van der Waals surface area contributed by atoms with E-state index in [0.29, 0.717) is 5.88 Å². The first-order valence-corrected chi connectivity index (χ1v) is 6.61. The fourth-order valence-electron chi connectivity index (χ4n) is 1.40. The molecule has 0 saturated heterocycles. The van der Waals surface area contributed by atoms with Gasteiger partial charge in [-0.05, 0) is 56.6 Å². The van der Waals surface area contributed by atoms with Gasteiger partial charge in [0.1, 0.15) is 0 Å². The van der Waals surface area contributed by atoms with Crippen LogP contribution in [0, 0.1) is 3.57 Å². The largest absolute Gasteiger partial charge is 0.392 e. The number of halogens is 2. The normalized spacial score (nSPS) is 11.1. The number of aliphatic hydroxyl groups excluding tert-OH is 1. The molecule has 14 heavy (non-hydrogen) atoms. The topological polar surface area (TPSA) is 20.2 Å². The molecule has 0 aliphatic carbocycles. The van der Waals surface area contributed by atoms with Gasteiger partial charge in [0, 0.05) is 14.2 Å². The molecule has 0 atom stereocenters. The summed E-state index contributed by atoms with van der Waals surface area (Å²) in [6, 6.07) is 4.15. The van der Waals surface area contributed by atoms with Crippen molar-refractivity contribution in [1.29, 1.82) is 0 Å². The van der Waals surface area contributed by atoms with Gasteiger partial charge in [0.2, 0.25) is 0 Å². The summed E-state index contributed by atoms with van der Waals surface area (Å²) in [7, 11) is 0. The molecule has 4 heteroatoms. The molecule has 0 aliphatic heterocycles. The molecule has 0 fully saturated rings. The predicted octanol–water partition coefficient (Wildman–Crippen LogP) is 3.74. The molecular weight excluding hydrogens is 331 g/mol. The van der Waals surface area contributed by atoms with Crippen LogP contribution in [0.15, 0.2) is 17.5 Å². The van der Waals surface area contributed by atoms with E-state index < -0.39 is 0 Å². The lowest BCUT2D eigenvalue weighted by molar-refractivity contribution is 0.284. The highest BCUT2D eigenvalue weighted by Crippen LogP contribution is 2.31. The van der Waals surface area contributed by atoms with E-state index in [0.717, 1.165) is 16.5 Å². The van der Waals surface area contributed by atoms with E-state index >= 15 is 0 Å². The first kappa shape index (κ1) is 10.7. The molecule has 1 heterocycles. The molecule has 0 radical (unpaired) electrons. The predicted molar refractivity (Wildman–Crippen MR) is 70.0 cm³/mol. The Bertz CT molecular complexity index is 466. The SMILES string of the molecule is OCc1csc2c(I)cc(CCl)cc12. The molecule has 74 valence electrons. The van der Waals surface area contributed by atoms with Crippen molar-refractivity contribution in [3.05, 3.63) is 32.2 Å². The fraction of sp³-hybridized carbons (Fsp3) is 0.200. The third-order valence-corrected chi connectivity index (χ3v) is 4.70. The Morgan fingerprint density at radius 1 is 1.43 bits per heavy atom. The highest BCUT2D eigenvalue weighted by molar-refractivity contribution is 14.1. The molecule has 0 spiro atoms. The van der Waals surface area contributed by atoms with E-state index in [1.54, 1.807) is 11.3 Å². The Balaban J connectivity index is 2.73. The van der Waals surface area contributed by atoms with Crippen molar-refractivity contribution in [3.63, 3.8) is 0 Å². The lowest BCUT2D eigenvalue weighted by Gasteiger charge is -2.00. The number of aliphatic hydroxyl groups is 1. The summed E-state index contributed by atoms with van der Waals surface area (Å²) in [6.07, 6.45) is 0. The highest BCUT2D eigenvalue weighted by Gasteiger charge is 2.07. The summed E-state index contributed by atoms with van der Waals surface area (Å²) in [4.78, 5) is 0. The van der Waals surface area contributed by atoms with Crippen LogP contribution in [-0.2, 0) is 12.5 Å². The lowest BCUT2D eigenvalue weighted by atomic mass is 10.1. The van der Waals surface area contributed by atoms with E-state index in [4.69, 9.17) is 16.7 Å². The summed E-state index contributed by atoms with van der Waals surface area (Å²) >= 11 is 9.78. The minimum atomic E-state index is 0.0990. The van der Waals surface area contributed by atoms with Crippen LogP contribution >= 0.6 is 45.5 Å². The highest BCUT2D eigenvalue weighted by atomic mass is 127. The molecule has 0 saturated carbocycles. The number of thiophene rings is 1. The maximum atomic E-state index is 9.15. The molecule has 2 rings (SSSR count). The number of alkyl halides is 1. The number of hydrogen-bond donors (Lipinski definition) is 1. The summed E-state index contributed by atoms with van der Waals surface area (Å²) in [6.45, 7) is 0.0990. The zero-order chi connectivity index (χ0) is 10.1. The third kappa shape index (κ3) is 1.78. The van der Waals surface area contributed by atoms with Gasteiger partial charge < -0.3 is 5.11 Å². The van der Waals surface area contributed by atoms with Crippen molar-refractivity contribution < 1.29 is 5.11 Å². The Morgan fingerprint density at radius 3 is 2.86 bits per heavy atom. The number of fused-ring (bicyclic) bond motifs is 1. The Hall–Kier alpha value is 0.160. The first-order chi connectivity index (χ1) is 6.76. The summed E-state index contributed by atoms with van der Waals surface area (Å²) < 4.78 is 2.45. The molecule has 2 aromatic rings. The van der Waals surface area contributed by atoms with Gasteiger partial charge in [-0.15, -0.1) is 22.9 Å². The van der Waals surface area contributed by atoms with Crippen LogP contribution in [0.4, 0.5) is 0 Å². The van der Waals surface area contributed by atoms with Crippen LogP contribution in [0.1, 0.15) is 11.1 Å². The number of rotatable bonds is 2. The standard InChI is InChI=1S/C10H8ClIOS/c11-3-6-1-8-7(4-13)5-14-10(8)9(12)2-6/h1-2,5,13H,3-4H2. The molecule has 1 N–H and O–H groups in total. The van der Waals surface area contributed by atoms with Gasteiger partial charge in [0.05, 0.1) is 6.61 Å². The third-order valence-electron chi connectivity index (χ3n) is 2.09. The van der Waals surface area contributed by atoms with Crippen molar-refractivity contribution in [2.24, 2.45) is 0 Å². The molecular formula is C10H8ClIOS. The number of benzene rings is 1. The molecule has 1 aromatic heterocycles. The van der Waals surface area contributed by atoms with E-state index in [1.165, 1.54) is 8.27 Å². The van der Waals surface area contributed by atoms with Gasteiger partial charge in [0.25, 0.3) is 0 Å². The molecule has 0 aliphatic rings. The van der Waals surface area contributed by atoms with Gasteiger partial charge in [-0.3, -0.25) is 0 Å². The molecule has 0 bridgehead atoms. The summed E-state index contributed by atoms with van der Waals surface area (Å²) in [5.74, 6) is 0.520. The van der Waals surface area contributed by atoms with Crippen molar-refractivity contribution in [2.45, 2.75) is 12.5 Å².